The van der Waals surface area contributed by atoms with Crippen LogP contribution < -0.4 is 10.2 Å². The summed E-state index contributed by atoms with van der Waals surface area (Å²) in [6.07, 6.45) is 0.437. The maximum absolute atomic E-state index is 14.6. The van der Waals surface area contributed by atoms with E-state index in [0.29, 0.717) is 31.0 Å². The lowest BCUT2D eigenvalue weighted by Crippen LogP contribution is -2.60. The average molecular weight is 414 g/mol. The van der Waals surface area contributed by atoms with Crippen molar-refractivity contribution in [2.45, 2.75) is 49.8 Å². The van der Waals surface area contributed by atoms with Gasteiger partial charge in [0.2, 0.25) is 5.95 Å². The average Bonchev–Trinajstić information content (AvgIpc) is 3.03. The first-order valence-electron chi connectivity index (χ1n) is 10.6. The molecule has 3 aliphatic heterocycles. The van der Waals surface area contributed by atoms with Crippen LogP contribution in [0.25, 0.3) is 11.3 Å². The summed E-state index contributed by atoms with van der Waals surface area (Å²) in [5.74, 6) is -2.66. The fraction of sp³-hybridized carbons (Fsp3) is 0.545. The molecule has 6 rings (SSSR count). The van der Waals surface area contributed by atoms with Gasteiger partial charge in [-0.05, 0) is 37.0 Å². The van der Waals surface area contributed by atoms with Gasteiger partial charge >= 0.3 is 0 Å². The summed E-state index contributed by atoms with van der Waals surface area (Å²) in [4.78, 5) is 10.8. The number of halogens is 2. The Morgan fingerprint density at radius 3 is 2.77 bits per heavy atom. The smallest absolute Gasteiger partial charge is 0.290 e. The highest BCUT2D eigenvalue weighted by atomic mass is 19.3. The predicted molar refractivity (Wildman–Crippen MR) is 107 cm³/mol. The standard InChI is InChI=1S/C22H24F2N4O2/c1-12-17(29)9-28(12)20-26-18(15-4-6-22(23,24)19(15)27-20)14-2-3-16-13(8-14)5-7-25-21(16)10-30-11-21/h2-3,8,12,17,25,29H,4-7,9-11H2,1H3/t12-,17+/m0/s1. The molecule has 1 aromatic heterocycles. The Morgan fingerprint density at radius 1 is 1.23 bits per heavy atom. The van der Waals surface area contributed by atoms with Crippen molar-refractivity contribution in [3.05, 3.63) is 40.6 Å². The molecule has 2 saturated heterocycles. The van der Waals surface area contributed by atoms with Gasteiger partial charge in [0.15, 0.2) is 0 Å². The fourth-order valence-corrected chi connectivity index (χ4v) is 5.14. The van der Waals surface area contributed by atoms with Crippen LogP contribution in [0.5, 0.6) is 0 Å². The zero-order valence-electron chi connectivity index (χ0n) is 16.8. The molecular weight excluding hydrogens is 390 g/mol. The monoisotopic (exact) mass is 414 g/mol. The van der Waals surface area contributed by atoms with Crippen LogP contribution >= 0.6 is 0 Å². The summed E-state index contributed by atoms with van der Waals surface area (Å²) >= 11 is 0. The first-order chi connectivity index (χ1) is 14.4. The van der Waals surface area contributed by atoms with E-state index in [1.165, 1.54) is 11.1 Å². The summed E-state index contributed by atoms with van der Waals surface area (Å²) in [5, 5.41) is 13.4. The van der Waals surface area contributed by atoms with E-state index in [9.17, 15) is 13.9 Å². The third-order valence-corrected chi connectivity index (χ3v) is 7.17. The molecule has 0 amide bonds. The van der Waals surface area contributed by atoms with E-state index in [1.807, 2.05) is 13.0 Å². The number of hydrogen-bond acceptors (Lipinski definition) is 6. The molecule has 1 aromatic carbocycles. The van der Waals surface area contributed by atoms with Crippen LogP contribution in [0.3, 0.4) is 0 Å². The van der Waals surface area contributed by atoms with Gasteiger partial charge in [-0.25, -0.2) is 9.97 Å². The first kappa shape index (κ1) is 18.6. The number of fused-ring (bicyclic) bond motifs is 3. The lowest BCUT2D eigenvalue weighted by atomic mass is 9.80. The van der Waals surface area contributed by atoms with Crippen molar-refractivity contribution in [3.63, 3.8) is 0 Å². The zero-order chi connectivity index (χ0) is 20.7. The molecule has 2 aromatic rings. The van der Waals surface area contributed by atoms with Crippen molar-refractivity contribution in [1.29, 1.82) is 0 Å². The summed E-state index contributed by atoms with van der Waals surface area (Å²) in [6.45, 7) is 4.41. The van der Waals surface area contributed by atoms with Gasteiger partial charge in [0, 0.05) is 30.6 Å². The molecule has 1 spiro atoms. The molecule has 2 atom stereocenters. The molecule has 0 saturated carbocycles. The molecule has 4 aliphatic rings. The molecule has 2 N–H and O–H groups in total. The summed E-state index contributed by atoms with van der Waals surface area (Å²) in [5.41, 5.74) is 4.20. The largest absolute Gasteiger partial charge is 0.389 e. The van der Waals surface area contributed by atoms with Crippen molar-refractivity contribution in [1.82, 2.24) is 15.3 Å². The molecule has 158 valence electrons. The SMILES string of the molecule is C[C@H]1[C@H](O)CN1c1nc(-c2ccc3c(c2)CCNC32COC2)c2c(n1)C(F)(F)CC2. The first-order valence-corrected chi connectivity index (χ1v) is 10.6. The van der Waals surface area contributed by atoms with Gasteiger partial charge < -0.3 is 20.1 Å². The van der Waals surface area contributed by atoms with Crippen molar-refractivity contribution in [2.24, 2.45) is 0 Å². The van der Waals surface area contributed by atoms with Gasteiger partial charge in [0.25, 0.3) is 5.92 Å². The fourth-order valence-electron chi connectivity index (χ4n) is 5.14. The Bertz CT molecular complexity index is 1040. The number of benzene rings is 1. The van der Waals surface area contributed by atoms with Crippen LogP contribution in [-0.4, -0.2) is 53.5 Å². The number of anilines is 1. The number of aromatic nitrogens is 2. The second-order valence-corrected chi connectivity index (χ2v) is 8.99. The molecule has 2 fully saturated rings. The molecule has 6 nitrogen and oxygen atoms in total. The molecule has 4 heterocycles. The van der Waals surface area contributed by atoms with Crippen LogP contribution in [0.4, 0.5) is 14.7 Å². The Morgan fingerprint density at radius 2 is 2.07 bits per heavy atom. The van der Waals surface area contributed by atoms with E-state index in [0.717, 1.165) is 18.5 Å². The quantitative estimate of drug-likeness (QED) is 0.785. The van der Waals surface area contributed by atoms with Gasteiger partial charge in [-0.2, -0.15) is 8.78 Å². The number of rotatable bonds is 2. The number of alkyl halides is 2. The molecular formula is C22H24F2N4O2. The van der Waals surface area contributed by atoms with E-state index in [4.69, 9.17) is 9.72 Å². The van der Waals surface area contributed by atoms with E-state index in [-0.39, 0.29) is 36.1 Å². The van der Waals surface area contributed by atoms with Crippen molar-refractivity contribution < 1.29 is 18.6 Å². The third-order valence-electron chi connectivity index (χ3n) is 7.17. The summed E-state index contributed by atoms with van der Waals surface area (Å²) in [7, 11) is 0. The van der Waals surface area contributed by atoms with Crippen LogP contribution in [0.2, 0.25) is 0 Å². The minimum Gasteiger partial charge on any atom is -0.389 e. The molecule has 1 aliphatic carbocycles. The normalized spacial score (nSPS) is 27.9. The Hall–Kier alpha value is -2.16. The Balaban J connectivity index is 1.47. The summed E-state index contributed by atoms with van der Waals surface area (Å²) in [6, 6.07) is 6.01. The van der Waals surface area contributed by atoms with Crippen LogP contribution in [0.15, 0.2) is 18.2 Å². The molecule has 8 heteroatoms. The third kappa shape index (κ3) is 2.50. The molecule has 30 heavy (non-hydrogen) atoms. The number of nitrogens with one attached hydrogen (secondary N) is 1. The van der Waals surface area contributed by atoms with E-state index < -0.39 is 12.0 Å². The highest BCUT2D eigenvalue weighted by Gasteiger charge is 2.46. The minimum absolute atomic E-state index is 0.110. The second-order valence-electron chi connectivity index (χ2n) is 8.99. The number of aliphatic hydroxyl groups is 1. The van der Waals surface area contributed by atoms with E-state index >= 15 is 0 Å². The van der Waals surface area contributed by atoms with Crippen molar-refractivity contribution >= 4 is 5.95 Å². The molecule has 0 unspecified atom stereocenters. The number of aliphatic hydroxyl groups excluding tert-OH is 1. The molecule has 0 bridgehead atoms. The summed E-state index contributed by atoms with van der Waals surface area (Å²) < 4.78 is 34.7. The minimum atomic E-state index is -2.94. The maximum Gasteiger partial charge on any atom is 0.290 e. The number of ether oxygens (including phenoxy) is 1. The number of β-amino-alcohol motifs (C(OH)–C–C–N with tert-alkyl or cyclic N) is 1. The topological polar surface area (TPSA) is 70.5 Å². The Kier molecular flexibility index (Phi) is 3.83. The predicted octanol–water partition coefficient (Wildman–Crippen LogP) is 2.12. The lowest BCUT2D eigenvalue weighted by Gasteiger charge is -2.46. The van der Waals surface area contributed by atoms with Gasteiger partial charge in [0.1, 0.15) is 5.69 Å². The Labute approximate surface area is 173 Å². The number of nitrogens with zero attached hydrogens (tertiary/aromatic N) is 3. The van der Waals surface area contributed by atoms with Gasteiger partial charge in [0.05, 0.1) is 36.6 Å². The van der Waals surface area contributed by atoms with Crippen LogP contribution in [0, 0.1) is 0 Å². The van der Waals surface area contributed by atoms with E-state index in [2.05, 4.69) is 22.4 Å². The van der Waals surface area contributed by atoms with Crippen LogP contribution in [0.1, 0.15) is 35.7 Å². The van der Waals surface area contributed by atoms with Crippen molar-refractivity contribution in [3.8, 4) is 11.3 Å². The number of hydrogen-bond donors (Lipinski definition) is 2. The second kappa shape index (κ2) is 6.18. The zero-order valence-corrected chi connectivity index (χ0v) is 16.8. The van der Waals surface area contributed by atoms with Crippen molar-refractivity contribution in [2.75, 3.05) is 31.2 Å². The van der Waals surface area contributed by atoms with Gasteiger partial charge in [-0.3, -0.25) is 0 Å². The maximum atomic E-state index is 14.6. The van der Waals surface area contributed by atoms with Gasteiger partial charge in [-0.15, -0.1) is 0 Å². The lowest BCUT2D eigenvalue weighted by molar-refractivity contribution is -0.0814. The van der Waals surface area contributed by atoms with Crippen LogP contribution in [-0.2, 0) is 29.0 Å². The molecule has 0 radical (unpaired) electrons. The highest BCUT2D eigenvalue weighted by Crippen LogP contribution is 2.45. The van der Waals surface area contributed by atoms with E-state index in [1.54, 1.807) is 4.90 Å². The van der Waals surface area contributed by atoms with Gasteiger partial charge in [-0.1, -0.05) is 12.1 Å². The highest BCUT2D eigenvalue weighted by molar-refractivity contribution is 5.69.